The van der Waals surface area contributed by atoms with Crippen LogP contribution < -0.4 is 14.8 Å². The molecule has 0 spiro atoms. The van der Waals surface area contributed by atoms with Gasteiger partial charge in [0.1, 0.15) is 5.76 Å². The van der Waals surface area contributed by atoms with Crippen molar-refractivity contribution in [2.45, 2.75) is 19.5 Å². The van der Waals surface area contributed by atoms with Gasteiger partial charge in [-0.3, -0.25) is 0 Å². The molecule has 1 heterocycles. The van der Waals surface area contributed by atoms with E-state index in [1.165, 1.54) is 0 Å². The minimum absolute atomic E-state index is 0.106. The van der Waals surface area contributed by atoms with Crippen molar-refractivity contribution in [2.75, 3.05) is 14.2 Å². The maximum Gasteiger partial charge on any atom is 0.179 e. The maximum absolute atomic E-state index is 6.33. The normalized spacial score (nSPS) is 12.2. The summed E-state index contributed by atoms with van der Waals surface area (Å²) in [4.78, 5) is 0. The van der Waals surface area contributed by atoms with E-state index in [0.29, 0.717) is 23.1 Å². The quantitative estimate of drug-likeness (QED) is 0.880. The summed E-state index contributed by atoms with van der Waals surface area (Å²) in [6.07, 6.45) is 1.66. The molecule has 0 aliphatic rings. The summed E-state index contributed by atoms with van der Waals surface area (Å²) in [7, 11) is 3.16. The monoisotopic (exact) mass is 295 g/mol. The highest BCUT2D eigenvalue weighted by atomic mass is 35.5. The van der Waals surface area contributed by atoms with Gasteiger partial charge in [-0.15, -0.1) is 0 Å². The molecule has 1 aromatic heterocycles. The highest BCUT2D eigenvalue weighted by molar-refractivity contribution is 6.33. The first-order valence-electron chi connectivity index (χ1n) is 6.33. The third-order valence-corrected chi connectivity index (χ3v) is 3.55. The average molecular weight is 296 g/mol. The van der Waals surface area contributed by atoms with E-state index < -0.39 is 0 Å². The van der Waals surface area contributed by atoms with E-state index in [4.69, 9.17) is 25.5 Å². The molecule has 1 atom stereocenters. The number of halogens is 1. The summed E-state index contributed by atoms with van der Waals surface area (Å²) < 4.78 is 15.9. The molecule has 0 radical (unpaired) electrons. The van der Waals surface area contributed by atoms with Crippen LogP contribution in [0.2, 0.25) is 5.02 Å². The standard InChI is InChI=1S/C15H18ClNO3/c1-10(12-5-4-8-20-12)17-9-11-6-7-13(18-2)15(19-3)14(11)16/h4-8,10,17H,9H2,1-3H3/t10-/m1/s1. The number of benzene rings is 1. The lowest BCUT2D eigenvalue weighted by atomic mass is 10.1. The molecule has 2 aromatic rings. The fraction of sp³-hybridized carbons (Fsp3) is 0.333. The Balaban J connectivity index is 2.10. The van der Waals surface area contributed by atoms with Crippen molar-refractivity contribution in [3.05, 3.63) is 46.9 Å². The van der Waals surface area contributed by atoms with Gasteiger partial charge in [0.2, 0.25) is 0 Å². The van der Waals surface area contributed by atoms with Gasteiger partial charge in [-0.1, -0.05) is 17.7 Å². The van der Waals surface area contributed by atoms with E-state index >= 15 is 0 Å². The van der Waals surface area contributed by atoms with Crippen LogP contribution in [0.25, 0.3) is 0 Å². The fourth-order valence-electron chi connectivity index (χ4n) is 1.97. The lowest BCUT2D eigenvalue weighted by Crippen LogP contribution is -2.17. The molecule has 1 N–H and O–H groups in total. The lowest BCUT2D eigenvalue weighted by molar-refractivity contribution is 0.354. The Kier molecular flexibility index (Phi) is 4.93. The van der Waals surface area contributed by atoms with Crippen LogP contribution in [0.3, 0.4) is 0 Å². The van der Waals surface area contributed by atoms with E-state index in [1.54, 1.807) is 20.5 Å². The number of hydrogen-bond donors (Lipinski definition) is 1. The number of methoxy groups -OCH3 is 2. The smallest absolute Gasteiger partial charge is 0.179 e. The molecular formula is C15H18ClNO3. The number of furan rings is 1. The second-order valence-electron chi connectivity index (χ2n) is 4.39. The molecule has 0 unspecified atom stereocenters. The van der Waals surface area contributed by atoms with Crippen LogP contribution in [0.1, 0.15) is 24.3 Å². The second-order valence-corrected chi connectivity index (χ2v) is 4.77. The van der Waals surface area contributed by atoms with Crippen LogP contribution >= 0.6 is 11.6 Å². The lowest BCUT2D eigenvalue weighted by Gasteiger charge is -2.15. The zero-order valence-corrected chi connectivity index (χ0v) is 12.5. The van der Waals surface area contributed by atoms with E-state index in [0.717, 1.165) is 11.3 Å². The number of nitrogens with one attached hydrogen (secondary N) is 1. The molecule has 4 nitrogen and oxygen atoms in total. The maximum atomic E-state index is 6.33. The molecular weight excluding hydrogens is 278 g/mol. The van der Waals surface area contributed by atoms with Gasteiger partial charge in [0.05, 0.1) is 31.5 Å². The Hall–Kier alpha value is -1.65. The van der Waals surface area contributed by atoms with Gasteiger partial charge < -0.3 is 19.2 Å². The summed E-state index contributed by atoms with van der Waals surface area (Å²) in [5.74, 6) is 2.07. The molecule has 0 saturated heterocycles. The molecule has 0 saturated carbocycles. The van der Waals surface area contributed by atoms with Crippen molar-refractivity contribution in [3.63, 3.8) is 0 Å². The summed E-state index contributed by atoms with van der Waals surface area (Å²) >= 11 is 6.33. The van der Waals surface area contributed by atoms with Gasteiger partial charge in [0.25, 0.3) is 0 Å². The van der Waals surface area contributed by atoms with Crippen molar-refractivity contribution in [1.82, 2.24) is 5.32 Å². The summed E-state index contributed by atoms with van der Waals surface area (Å²) in [6, 6.07) is 7.68. The Morgan fingerprint density at radius 3 is 2.65 bits per heavy atom. The average Bonchev–Trinajstić information content (AvgIpc) is 2.99. The van der Waals surface area contributed by atoms with Gasteiger partial charge in [-0.25, -0.2) is 0 Å². The zero-order valence-electron chi connectivity index (χ0n) is 11.8. The van der Waals surface area contributed by atoms with Gasteiger partial charge in [-0.2, -0.15) is 0 Å². The molecule has 0 aliphatic heterocycles. The first-order chi connectivity index (χ1) is 9.67. The SMILES string of the molecule is COc1ccc(CN[C@H](C)c2ccco2)c(Cl)c1OC. The number of rotatable bonds is 6. The van der Waals surface area contributed by atoms with Crippen LogP contribution in [0.15, 0.2) is 34.9 Å². The highest BCUT2D eigenvalue weighted by Gasteiger charge is 2.14. The number of hydrogen-bond acceptors (Lipinski definition) is 4. The predicted octanol–water partition coefficient (Wildman–Crippen LogP) is 3.80. The van der Waals surface area contributed by atoms with Gasteiger partial charge >= 0.3 is 0 Å². The fourth-order valence-corrected chi connectivity index (χ4v) is 2.27. The molecule has 0 fully saturated rings. The molecule has 2 rings (SSSR count). The van der Waals surface area contributed by atoms with Gasteiger partial charge in [0, 0.05) is 6.54 Å². The van der Waals surface area contributed by atoms with Crippen molar-refractivity contribution in [1.29, 1.82) is 0 Å². The topological polar surface area (TPSA) is 43.6 Å². The predicted molar refractivity (Wildman–Crippen MR) is 78.5 cm³/mol. The van der Waals surface area contributed by atoms with E-state index in [9.17, 15) is 0 Å². The summed E-state index contributed by atoms with van der Waals surface area (Å²) in [5, 5.41) is 3.92. The van der Waals surface area contributed by atoms with Crippen molar-refractivity contribution < 1.29 is 13.9 Å². The van der Waals surface area contributed by atoms with Crippen LogP contribution in [-0.2, 0) is 6.54 Å². The third kappa shape index (κ3) is 3.08. The van der Waals surface area contributed by atoms with Crippen molar-refractivity contribution in [2.24, 2.45) is 0 Å². The van der Waals surface area contributed by atoms with E-state index in [2.05, 4.69) is 5.32 Å². The van der Waals surface area contributed by atoms with E-state index in [-0.39, 0.29) is 6.04 Å². The molecule has 20 heavy (non-hydrogen) atoms. The molecule has 108 valence electrons. The van der Waals surface area contributed by atoms with Crippen LogP contribution in [0.5, 0.6) is 11.5 Å². The second kappa shape index (κ2) is 6.68. The minimum atomic E-state index is 0.106. The summed E-state index contributed by atoms with van der Waals surface area (Å²) in [5.41, 5.74) is 0.947. The first-order valence-corrected chi connectivity index (χ1v) is 6.71. The Labute approximate surface area is 123 Å². The van der Waals surface area contributed by atoms with Gasteiger partial charge in [0.15, 0.2) is 11.5 Å². The molecule has 0 bridgehead atoms. The molecule has 5 heteroatoms. The van der Waals surface area contributed by atoms with Crippen molar-refractivity contribution in [3.8, 4) is 11.5 Å². The third-order valence-electron chi connectivity index (χ3n) is 3.13. The Morgan fingerprint density at radius 2 is 2.05 bits per heavy atom. The largest absolute Gasteiger partial charge is 0.493 e. The van der Waals surface area contributed by atoms with E-state index in [1.807, 2.05) is 31.2 Å². The Morgan fingerprint density at radius 1 is 1.25 bits per heavy atom. The Bertz CT molecular complexity index is 554. The van der Waals surface area contributed by atoms with Crippen LogP contribution in [-0.4, -0.2) is 14.2 Å². The molecule has 0 aliphatic carbocycles. The minimum Gasteiger partial charge on any atom is -0.493 e. The summed E-state index contributed by atoms with van der Waals surface area (Å²) in [6.45, 7) is 2.65. The van der Waals surface area contributed by atoms with Crippen LogP contribution in [0, 0.1) is 0 Å². The van der Waals surface area contributed by atoms with Crippen LogP contribution in [0.4, 0.5) is 0 Å². The highest BCUT2D eigenvalue weighted by Crippen LogP contribution is 2.37. The number of ether oxygens (including phenoxy) is 2. The van der Waals surface area contributed by atoms with Crippen molar-refractivity contribution >= 4 is 11.6 Å². The van der Waals surface area contributed by atoms with Gasteiger partial charge in [-0.05, 0) is 30.7 Å². The molecule has 0 amide bonds. The first kappa shape index (κ1) is 14.8. The molecule has 1 aromatic carbocycles. The zero-order chi connectivity index (χ0) is 14.5.